The quantitative estimate of drug-likeness (QED) is 0.0758. The highest BCUT2D eigenvalue weighted by Gasteiger charge is 2.24. The number of nitrogens with zero attached hydrogens (tertiary/aromatic N) is 1. The van der Waals surface area contributed by atoms with Gasteiger partial charge in [-0.15, -0.1) is 11.3 Å². The summed E-state index contributed by atoms with van der Waals surface area (Å²) in [7, 11) is 0. The second kappa shape index (κ2) is 15.5. The molecule has 0 unspecified atom stereocenters. The molecule has 256 valence electrons. The summed E-state index contributed by atoms with van der Waals surface area (Å²) in [6.07, 6.45) is 3.71. The zero-order valence-electron chi connectivity index (χ0n) is 27.7. The lowest BCUT2D eigenvalue weighted by molar-refractivity contribution is 0.0721. The first kappa shape index (κ1) is 33.8. The molecule has 1 aliphatic heterocycles. The molecule has 0 amide bonds. The van der Waals surface area contributed by atoms with Crippen LogP contribution in [0.3, 0.4) is 0 Å². The fourth-order valence-electron chi connectivity index (χ4n) is 6.09. The molecule has 0 spiro atoms. The van der Waals surface area contributed by atoms with E-state index in [9.17, 15) is 14.4 Å². The number of likely N-dealkylation sites (tertiary alicyclic amines) is 1. The van der Waals surface area contributed by atoms with Crippen LogP contribution in [0.4, 0.5) is 4.39 Å². The normalized spacial score (nSPS) is 13.1. The van der Waals surface area contributed by atoms with Gasteiger partial charge in [-0.25, -0.2) is 14.0 Å². The Kier molecular flexibility index (Phi) is 10.3. The molecular weight excluding hydrogens is 666 g/mol. The first-order chi connectivity index (χ1) is 24.9. The average Bonchev–Trinajstić information content (AvgIpc) is 3.55. The van der Waals surface area contributed by atoms with E-state index in [0.29, 0.717) is 55.3 Å². The Labute approximate surface area is 298 Å². The van der Waals surface area contributed by atoms with Crippen molar-refractivity contribution in [3.63, 3.8) is 0 Å². The zero-order chi connectivity index (χ0) is 35.2. The van der Waals surface area contributed by atoms with Gasteiger partial charge in [-0.05, 0) is 110 Å². The highest BCUT2D eigenvalue weighted by atomic mass is 32.1. The molecular formula is C42H34FNO6S. The number of halogens is 1. The van der Waals surface area contributed by atoms with Crippen LogP contribution in [0.15, 0.2) is 121 Å². The van der Waals surface area contributed by atoms with Crippen LogP contribution in [-0.4, -0.2) is 48.9 Å². The monoisotopic (exact) mass is 699 g/mol. The van der Waals surface area contributed by atoms with Crippen molar-refractivity contribution in [2.24, 2.45) is 0 Å². The standard InChI is InChI=1S/C42H34FNO6S/c43-35-21-16-31(26-36(35)50-42(47)30-12-6-2-7-13-30)40-38(34-20-19-33(27-37(34)51-40)49-41(46)29-10-4-1-5-11-29)39(45)28-14-17-32(18-15-28)48-25-24-44-22-8-3-9-23-44/h1-2,4-7,10-21,26-27H,3,8-9,22-25H2. The highest BCUT2D eigenvalue weighted by molar-refractivity contribution is 7.22. The van der Waals surface area contributed by atoms with E-state index in [1.54, 1.807) is 103 Å². The Balaban J connectivity index is 1.20. The van der Waals surface area contributed by atoms with Gasteiger partial charge in [0.15, 0.2) is 17.3 Å². The van der Waals surface area contributed by atoms with Crippen LogP contribution in [-0.2, 0) is 0 Å². The zero-order valence-corrected chi connectivity index (χ0v) is 28.5. The summed E-state index contributed by atoms with van der Waals surface area (Å²) < 4.78 is 32.8. The molecule has 0 saturated carbocycles. The number of carbonyl (C=O) groups is 3. The molecule has 1 saturated heterocycles. The molecule has 1 aromatic heterocycles. The third-order valence-corrected chi connectivity index (χ3v) is 9.96. The Morgan fingerprint density at radius 1 is 0.667 bits per heavy atom. The number of rotatable bonds is 11. The van der Waals surface area contributed by atoms with Gasteiger partial charge < -0.3 is 14.2 Å². The van der Waals surface area contributed by atoms with Gasteiger partial charge in [0.2, 0.25) is 0 Å². The third-order valence-electron chi connectivity index (χ3n) is 8.76. The van der Waals surface area contributed by atoms with Crippen molar-refractivity contribution >= 4 is 39.1 Å². The lowest BCUT2D eigenvalue weighted by Crippen LogP contribution is -2.33. The van der Waals surface area contributed by atoms with Crippen molar-refractivity contribution in [1.82, 2.24) is 4.90 Å². The van der Waals surface area contributed by atoms with E-state index >= 15 is 4.39 Å². The van der Waals surface area contributed by atoms with Crippen molar-refractivity contribution < 1.29 is 33.0 Å². The van der Waals surface area contributed by atoms with Crippen LogP contribution in [0.2, 0.25) is 0 Å². The molecule has 0 aliphatic carbocycles. The Hall–Kier alpha value is -5.64. The molecule has 1 fully saturated rings. The van der Waals surface area contributed by atoms with Gasteiger partial charge in [-0.2, -0.15) is 0 Å². The van der Waals surface area contributed by atoms with E-state index < -0.39 is 17.8 Å². The van der Waals surface area contributed by atoms with Gasteiger partial charge in [-0.3, -0.25) is 9.69 Å². The summed E-state index contributed by atoms with van der Waals surface area (Å²) in [5, 5.41) is 0.633. The number of esters is 2. The molecule has 51 heavy (non-hydrogen) atoms. The van der Waals surface area contributed by atoms with Crippen LogP contribution in [0.1, 0.15) is 55.9 Å². The summed E-state index contributed by atoms with van der Waals surface area (Å²) in [6.45, 7) is 3.60. The summed E-state index contributed by atoms with van der Waals surface area (Å²) >= 11 is 1.29. The summed E-state index contributed by atoms with van der Waals surface area (Å²) in [4.78, 5) is 42.9. The van der Waals surface area contributed by atoms with Gasteiger partial charge in [-0.1, -0.05) is 48.9 Å². The van der Waals surface area contributed by atoms with E-state index in [1.807, 2.05) is 6.07 Å². The molecule has 7 rings (SSSR count). The highest BCUT2D eigenvalue weighted by Crippen LogP contribution is 2.42. The molecule has 0 atom stereocenters. The molecule has 6 aromatic rings. The van der Waals surface area contributed by atoms with Crippen molar-refractivity contribution in [1.29, 1.82) is 0 Å². The van der Waals surface area contributed by atoms with Gasteiger partial charge in [0.25, 0.3) is 0 Å². The minimum atomic E-state index is -0.719. The number of fused-ring (bicyclic) bond motifs is 1. The number of benzene rings is 5. The van der Waals surface area contributed by atoms with Crippen LogP contribution < -0.4 is 14.2 Å². The maximum atomic E-state index is 15.0. The summed E-state index contributed by atoms with van der Waals surface area (Å²) in [5.74, 6) is -1.47. The smallest absolute Gasteiger partial charge is 0.343 e. The number of thiophene rings is 1. The SMILES string of the molecule is O=C(Oc1ccc2c(C(=O)c3ccc(OCCN4CCCCC4)cc3)c(-c3ccc(F)c(OC(=O)c4ccccc4)c3)sc2c1)c1ccccc1. The number of carbonyl (C=O) groups excluding carboxylic acids is 3. The van der Waals surface area contributed by atoms with Gasteiger partial charge in [0.05, 0.1) is 11.1 Å². The van der Waals surface area contributed by atoms with E-state index in [4.69, 9.17) is 14.2 Å². The van der Waals surface area contributed by atoms with Crippen LogP contribution in [0, 0.1) is 5.82 Å². The molecule has 2 heterocycles. The molecule has 0 bridgehead atoms. The fraction of sp³-hybridized carbons (Fsp3) is 0.167. The van der Waals surface area contributed by atoms with E-state index in [0.717, 1.165) is 19.6 Å². The molecule has 5 aromatic carbocycles. The number of ether oxygens (including phenoxy) is 3. The first-order valence-corrected chi connectivity index (χ1v) is 17.7. The van der Waals surface area contributed by atoms with Crippen LogP contribution in [0.5, 0.6) is 17.2 Å². The third kappa shape index (κ3) is 7.90. The molecule has 1 aliphatic rings. The van der Waals surface area contributed by atoms with Crippen molar-refractivity contribution in [3.05, 3.63) is 149 Å². The lowest BCUT2D eigenvalue weighted by atomic mass is 9.97. The van der Waals surface area contributed by atoms with Gasteiger partial charge >= 0.3 is 11.9 Å². The van der Waals surface area contributed by atoms with Crippen molar-refractivity contribution in [3.8, 4) is 27.7 Å². The van der Waals surface area contributed by atoms with E-state index in [2.05, 4.69) is 4.90 Å². The Morgan fingerprint density at radius 2 is 1.31 bits per heavy atom. The topological polar surface area (TPSA) is 82.1 Å². The number of hydrogen-bond acceptors (Lipinski definition) is 8. The van der Waals surface area contributed by atoms with E-state index in [-0.39, 0.29) is 17.1 Å². The maximum absolute atomic E-state index is 15.0. The predicted octanol–water partition coefficient (Wildman–Crippen LogP) is 9.24. The molecule has 9 heteroatoms. The first-order valence-electron chi connectivity index (χ1n) is 16.8. The van der Waals surface area contributed by atoms with Gasteiger partial charge in [0.1, 0.15) is 18.1 Å². The number of hydrogen-bond donors (Lipinski definition) is 0. The van der Waals surface area contributed by atoms with Crippen molar-refractivity contribution in [2.75, 3.05) is 26.2 Å². The second-order valence-corrected chi connectivity index (χ2v) is 13.3. The number of piperidine rings is 1. The van der Waals surface area contributed by atoms with Gasteiger partial charge in [0, 0.05) is 32.6 Å². The van der Waals surface area contributed by atoms with Crippen molar-refractivity contribution in [2.45, 2.75) is 19.3 Å². The Morgan fingerprint density at radius 3 is 2.00 bits per heavy atom. The second-order valence-electron chi connectivity index (χ2n) is 12.2. The summed E-state index contributed by atoms with van der Waals surface area (Å²) in [6, 6.07) is 33.3. The largest absolute Gasteiger partial charge is 0.492 e. The van der Waals surface area contributed by atoms with E-state index in [1.165, 1.54) is 42.7 Å². The minimum absolute atomic E-state index is 0.252. The minimum Gasteiger partial charge on any atom is -0.492 e. The van der Waals surface area contributed by atoms with Crippen LogP contribution >= 0.6 is 11.3 Å². The molecule has 7 nitrogen and oxygen atoms in total. The molecule has 0 radical (unpaired) electrons. The van der Waals surface area contributed by atoms with Crippen LogP contribution in [0.25, 0.3) is 20.5 Å². The lowest BCUT2D eigenvalue weighted by Gasteiger charge is -2.26. The average molecular weight is 700 g/mol. The number of ketones is 1. The fourth-order valence-corrected chi connectivity index (χ4v) is 7.31. The molecule has 0 N–H and O–H groups in total. The predicted molar refractivity (Wildman–Crippen MR) is 196 cm³/mol. The maximum Gasteiger partial charge on any atom is 0.343 e. The summed E-state index contributed by atoms with van der Waals surface area (Å²) in [5.41, 5.74) is 2.00. The Bertz CT molecular complexity index is 2180.